The number of likely N-dealkylation sites (N-methyl/N-ethyl adjacent to an activating group) is 1. The number of benzene rings is 2. The van der Waals surface area contributed by atoms with E-state index in [4.69, 9.17) is 5.73 Å². The molecular formula is C23H27N7O. The van der Waals surface area contributed by atoms with Crippen molar-refractivity contribution in [2.24, 2.45) is 5.73 Å². The molecule has 0 aliphatic carbocycles. The first-order chi connectivity index (χ1) is 15.0. The number of hydrogen-bond donors (Lipinski definition) is 3. The topological polar surface area (TPSA) is 99.4 Å². The number of aryl methyl sites for hydroxylation is 1. The van der Waals surface area contributed by atoms with Gasteiger partial charge in [0.2, 0.25) is 5.95 Å². The number of nitrogens with two attached hydrogens (primary N) is 1. The second-order valence-electron chi connectivity index (χ2n) is 7.72. The van der Waals surface area contributed by atoms with E-state index in [-0.39, 0.29) is 0 Å². The molecule has 3 aromatic rings. The number of rotatable bonds is 6. The molecule has 1 amide bonds. The zero-order valence-electron chi connectivity index (χ0n) is 17.8. The number of hydrogen-bond acceptors (Lipinski definition) is 7. The highest BCUT2D eigenvalue weighted by Gasteiger charge is 2.16. The number of carbonyl (C=O) groups excluding carboxylic acids is 1. The quantitative estimate of drug-likeness (QED) is 0.567. The fraction of sp³-hybridized carbons (Fsp3) is 0.261. The molecule has 0 saturated carbocycles. The average molecular weight is 418 g/mol. The van der Waals surface area contributed by atoms with Gasteiger partial charge in [0.05, 0.1) is 11.3 Å². The Morgan fingerprint density at radius 2 is 1.81 bits per heavy atom. The molecule has 0 unspecified atom stereocenters. The summed E-state index contributed by atoms with van der Waals surface area (Å²) < 4.78 is 0. The number of nitrogens with zero attached hydrogens (tertiary/aromatic N) is 4. The van der Waals surface area contributed by atoms with Crippen LogP contribution in [-0.2, 0) is 0 Å². The van der Waals surface area contributed by atoms with Crippen LogP contribution in [-0.4, -0.2) is 54.0 Å². The monoisotopic (exact) mass is 417 g/mol. The van der Waals surface area contributed by atoms with Crippen LogP contribution < -0.4 is 21.3 Å². The minimum Gasteiger partial charge on any atom is -0.369 e. The fourth-order valence-electron chi connectivity index (χ4n) is 3.70. The van der Waals surface area contributed by atoms with Crippen LogP contribution in [0.15, 0.2) is 54.7 Å². The van der Waals surface area contributed by atoms with Crippen LogP contribution in [0, 0.1) is 6.92 Å². The lowest BCUT2D eigenvalue weighted by Gasteiger charge is -2.35. The molecular weight excluding hydrogens is 390 g/mol. The molecule has 1 aliphatic heterocycles. The molecule has 0 atom stereocenters. The third kappa shape index (κ3) is 4.92. The molecule has 0 spiro atoms. The number of anilines is 5. The number of amides is 1. The fourth-order valence-corrected chi connectivity index (χ4v) is 3.70. The van der Waals surface area contributed by atoms with Crippen molar-refractivity contribution in [1.82, 2.24) is 14.9 Å². The number of piperazine rings is 1. The van der Waals surface area contributed by atoms with Gasteiger partial charge in [-0.3, -0.25) is 4.79 Å². The first-order valence-corrected chi connectivity index (χ1v) is 10.3. The van der Waals surface area contributed by atoms with Crippen molar-refractivity contribution in [3.05, 3.63) is 65.9 Å². The predicted molar refractivity (Wildman–Crippen MR) is 124 cm³/mol. The third-order valence-electron chi connectivity index (χ3n) is 5.41. The van der Waals surface area contributed by atoms with Gasteiger partial charge in [-0.05, 0) is 55.9 Å². The van der Waals surface area contributed by atoms with Crippen LogP contribution in [0.5, 0.6) is 0 Å². The molecule has 2 heterocycles. The summed E-state index contributed by atoms with van der Waals surface area (Å²) in [6.07, 6.45) is 1.66. The molecule has 31 heavy (non-hydrogen) atoms. The lowest BCUT2D eigenvalue weighted by atomic mass is 10.1. The lowest BCUT2D eigenvalue weighted by Crippen LogP contribution is -2.44. The van der Waals surface area contributed by atoms with E-state index in [1.165, 1.54) is 11.3 Å². The summed E-state index contributed by atoms with van der Waals surface area (Å²) in [4.78, 5) is 25.2. The first kappa shape index (κ1) is 20.6. The SMILES string of the molecule is Cc1cc(Nc2nccc(Nc3ccccc3C(N)=O)n2)ccc1N1CCN(C)CC1. The van der Waals surface area contributed by atoms with Gasteiger partial charge in [0.25, 0.3) is 5.91 Å². The molecule has 4 N–H and O–H groups in total. The summed E-state index contributed by atoms with van der Waals surface area (Å²) >= 11 is 0. The van der Waals surface area contributed by atoms with Crippen LogP contribution in [0.2, 0.25) is 0 Å². The summed E-state index contributed by atoms with van der Waals surface area (Å²) in [5.41, 5.74) is 9.86. The molecule has 160 valence electrons. The summed E-state index contributed by atoms with van der Waals surface area (Å²) in [7, 11) is 2.16. The highest BCUT2D eigenvalue weighted by Crippen LogP contribution is 2.26. The highest BCUT2D eigenvalue weighted by atomic mass is 16.1. The van der Waals surface area contributed by atoms with Gasteiger partial charge in [0, 0.05) is 43.8 Å². The summed E-state index contributed by atoms with van der Waals surface area (Å²) in [5.74, 6) is 0.539. The molecule has 0 radical (unpaired) electrons. The first-order valence-electron chi connectivity index (χ1n) is 10.3. The molecule has 8 nitrogen and oxygen atoms in total. The Hall–Kier alpha value is -3.65. The molecule has 4 rings (SSSR count). The molecule has 0 bridgehead atoms. The van der Waals surface area contributed by atoms with Crippen molar-refractivity contribution in [3.63, 3.8) is 0 Å². The Kier molecular flexibility index (Phi) is 5.99. The van der Waals surface area contributed by atoms with E-state index in [1.54, 1.807) is 30.5 Å². The van der Waals surface area contributed by atoms with Crippen LogP contribution in [0.25, 0.3) is 0 Å². The molecule has 1 fully saturated rings. The highest BCUT2D eigenvalue weighted by molar-refractivity contribution is 5.99. The zero-order valence-corrected chi connectivity index (χ0v) is 17.8. The summed E-state index contributed by atoms with van der Waals surface area (Å²) in [5, 5.41) is 6.41. The normalized spacial score (nSPS) is 14.3. The molecule has 1 saturated heterocycles. The van der Waals surface area contributed by atoms with Gasteiger partial charge in [-0.15, -0.1) is 0 Å². The van der Waals surface area contributed by atoms with Crippen LogP contribution in [0.4, 0.5) is 28.8 Å². The van der Waals surface area contributed by atoms with Crippen molar-refractivity contribution in [2.75, 3.05) is 48.8 Å². The van der Waals surface area contributed by atoms with E-state index in [9.17, 15) is 4.79 Å². The second-order valence-corrected chi connectivity index (χ2v) is 7.72. The number of carbonyl (C=O) groups is 1. The van der Waals surface area contributed by atoms with Crippen molar-refractivity contribution in [3.8, 4) is 0 Å². The Morgan fingerprint density at radius 3 is 2.55 bits per heavy atom. The Balaban J connectivity index is 1.48. The van der Waals surface area contributed by atoms with E-state index >= 15 is 0 Å². The number of nitrogens with one attached hydrogen (secondary N) is 2. The standard InChI is InChI=1S/C23H27N7O/c1-16-15-17(7-8-20(16)30-13-11-29(2)12-14-30)26-23-25-10-9-21(28-23)27-19-6-4-3-5-18(19)22(24)31/h3-10,15H,11-14H2,1-2H3,(H2,24,31)(H2,25,26,27,28). The number of para-hydroxylation sites is 1. The summed E-state index contributed by atoms with van der Waals surface area (Å²) in [6.45, 7) is 6.35. The Labute approximate surface area is 182 Å². The van der Waals surface area contributed by atoms with Gasteiger partial charge in [-0.2, -0.15) is 4.98 Å². The molecule has 2 aromatic carbocycles. The lowest BCUT2D eigenvalue weighted by molar-refractivity contribution is 0.100. The zero-order chi connectivity index (χ0) is 21.8. The summed E-state index contributed by atoms with van der Waals surface area (Å²) in [6, 6.07) is 15.1. The predicted octanol–water partition coefficient (Wildman–Crippen LogP) is 3.12. The van der Waals surface area contributed by atoms with Crippen molar-refractivity contribution < 1.29 is 4.79 Å². The van der Waals surface area contributed by atoms with E-state index in [0.29, 0.717) is 23.0 Å². The van der Waals surface area contributed by atoms with Gasteiger partial charge >= 0.3 is 0 Å². The van der Waals surface area contributed by atoms with Gasteiger partial charge in [0.1, 0.15) is 5.82 Å². The van der Waals surface area contributed by atoms with E-state index < -0.39 is 5.91 Å². The van der Waals surface area contributed by atoms with Gasteiger partial charge in [-0.1, -0.05) is 12.1 Å². The van der Waals surface area contributed by atoms with Crippen molar-refractivity contribution in [1.29, 1.82) is 0 Å². The average Bonchev–Trinajstić information content (AvgIpc) is 2.75. The van der Waals surface area contributed by atoms with E-state index in [0.717, 1.165) is 31.9 Å². The van der Waals surface area contributed by atoms with Gasteiger partial charge in [0.15, 0.2) is 0 Å². The second kappa shape index (κ2) is 9.01. The maximum Gasteiger partial charge on any atom is 0.250 e. The van der Waals surface area contributed by atoms with E-state index in [1.807, 2.05) is 12.1 Å². The minimum atomic E-state index is -0.494. The Bertz CT molecular complexity index is 1080. The largest absolute Gasteiger partial charge is 0.369 e. The third-order valence-corrected chi connectivity index (χ3v) is 5.41. The van der Waals surface area contributed by atoms with Crippen LogP contribution >= 0.6 is 0 Å². The Morgan fingerprint density at radius 1 is 1.03 bits per heavy atom. The van der Waals surface area contributed by atoms with Crippen molar-refractivity contribution >= 4 is 34.7 Å². The molecule has 1 aromatic heterocycles. The molecule has 1 aliphatic rings. The van der Waals surface area contributed by atoms with Crippen molar-refractivity contribution in [2.45, 2.75) is 6.92 Å². The van der Waals surface area contributed by atoms with E-state index in [2.05, 4.69) is 56.5 Å². The maximum absolute atomic E-state index is 11.6. The number of aromatic nitrogens is 2. The van der Waals surface area contributed by atoms with Gasteiger partial charge in [-0.25, -0.2) is 4.98 Å². The minimum absolute atomic E-state index is 0.408. The van der Waals surface area contributed by atoms with Crippen LogP contribution in [0.1, 0.15) is 15.9 Å². The van der Waals surface area contributed by atoms with Gasteiger partial charge < -0.3 is 26.2 Å². The van der Waals surface area contributed by atoms with Crippen LogP contribution in [0.3, 0.4) is 0 Å². The molecule has 8 heteroatoms. The maximum atomic E-state index is 11.6. The smallest absolute Gasteiger partial charge is 0.250 e. The number of primary amides is 1.